The Hall–Kier alpha value is -0.350. The third-order valence-corrected chi connectivity index (χ3v) is 3.71. The topological polar surface area (TPSA) is 26.3 Å². The van der Waals surface area contributed by atoms with Crippen LogP contribution in [0.2, 0.25) is 0 Å². The van der Waals surface area contributed by atoms with Crippen molar-refractivity contribution in [1.29, 1.82) is 0 Å². The molecule has 0 radical (unpaired) electrons. The summed E-state index contributed by atoms with van der Waals surface area (Å²) in [5.41, 5.74) is 1.02. The largest absolute Gasteiger partial charge is 0.469 e. The van der Waals surface area contributed by atoms with Gasteiger partial charge in [-0.3, -0.25) is 4.79 Å². The number of hydrogen-bond donors (Lipinski definition) is 0. The van der Waals surface area contributed by atoms with Crippen LogP contribution in [0.1, 0.15) is 24.3 Å². The van der Waals surface area contributed by atoms with E-state index in [9.17, 15) is 4.79 Å². The molecule has 0 amide bonds. The maximum Gasteiger partial charge on any atom is 0.313 e. The molecular formula is C12H12Br2O2. The second kappa shape index (κ2) is 4.88. The van der Waals surface area contributed by atoms with Crippen LogP contribution in [-0.4, -0.2) is 13.1 Å². The molecule has 0 spiro atoms. The van der Waals surface area contributed by atoms with Gasteiger partial charge in [0.05, 0.1) is 13.0 Å². The summed E-state index contributed by atoms with van der Waals surface area (Å²) in [5.74, 6) is 0.208. The summed E-state index contributed by atoms with van der Waals surface area (Å²) in [5, 5.41) is 0. The van der Waals surface area contributed by atoms with Crippen LogP contribution >= 0.6 is 31.9 Å². The highest BCUT2D eigenvalue weighted by atomic mass is 79.9. The average molecular weight is 348 g/mol. The van der Waals surface area contributed by atoms with Gasteiger partial charge < -0.3 is 4.74 Å². The van der Waals surface area contributed by atoms with E-state index in [1.807, 2.05) is 18.2 Å². The Bertz CT molecular complexity index is 393. The first kappa shape index (κ1) is 12.1. The standard InChI is InChI=1S/C12H12Br2O2/c1-16-12(15)11(7-2-3-7)8-4-9(13)6-10(14)5-8/h4-7,11H,2-3H2,1H3. The van der Waals surface area contributed by atoms with Gasteiger partial charge in [-0.25, -0.2) is 0 Å². The molecule has 0 aromatic heterocycles. The summed E-state index contributed by atoms with van der Waals surface area (Å²) in [7, 11) is 1.45. The van der Waals surface area contributed by atoms with Crippen molar-refractivity contribution in [3.63, 3.8) is 0 Å². The molecule has 0 bridgehead atoms. The van der Waals surface area contributed by atoms with Crippen molar-refractivity contribution in [2.45, 2.75) is 18.8 Å². The molecule has 1 unspecified atom stereocenters. The van der Waals surface area contributed by atoms with E-state index in [1.165, 1.54) is 7.11 Å². The Kier molecular flexibility index (Phi) is 3.70. The highest BCUT2D eigenvalue weighted by Crippen LogP contribution is 2.44. The molecular weight excluding hydrogens is 336 g/mol. The highest BCUT2D eigenvalue weighted by molar-refractivity contribution is 9.11. The van der Waals surface area contributed by atoms with Crippen LogP contribution in [0, 0.1) is 5.92 Å². The predicted molar refractivity (Wildman–Crippen MR) is 69.3 cm³/mol. The molecule has 1 aromatic rings. The van der Waals surface area contributed by atoms with E-state index < -0.39 is 0 Å². The lowest BCUT2D eigenvalue weighted by Crippen LogP contribution is -2.16. The molecule has 0 saturated heterocycles. The van der Waals surface area contributed by atoms with Crippen LogP contribution in [0.3, 0.4) is 0 Å². The number of benzene rings is 1. The fourth-order valence-electron chi connectivity index (χ4n) is 1.91. The summed E-state index contributed by atoms with van der Waals surface area (Å²) < 4.78 is 6.83. The van der Waals surface area contributed by atoms with Gasteiger partial charge in [0.25, 0.3) is 0 Å². The minimum Gasteiger partial charge on any atom is -0.469 e. The maximum atomic E-state index is 11.8. The lowest BCUT2D eigenvalue weighted by atomic mass is 9.94. The van der Waals surface area contributed by atoms with E-state index in [2.05, 4.69) is 31.9 Å². The number of ether oxygens (including phenoxy) is 1. The number of hydrogen-bond acceptors (Lipinski definition) is 2. The van der Waals surface area contributed by atoms with Crippen molar-refractivity contribution >= 4 is 37.8 Å². The molecule has 86 valence electrons. The highest BCUT2D eigenvalue weighted by Gasteiger charge is 2.38. The molecule has 1 aliphatic rings. The van der Waals surface area contributed by atoms with Crippen molar-refractivity contribution in [2.75, 3.05) is 7.11 Å². The molecule has 1 fully saturated rings. The van der Waals surface area contributed by atoms with Crippen LogP contribution in [0.5, 0.6) is 0 Å². The SMILES string of the molecule is COC(=O)C(c1cc(Br)cc(Br)c1)C1CC1. The average Bonchev–Trinajstić information content (AvgIpc) is 3.00. The predicted octanol–water partition coefficient (Wildman–Crippen LogP) is 3.88. The zero-order chi connectivity index (χ0) is 11.7. The van der Waals surface area contributed by atoms with Crippen LogP contribution in [0.15, 0.2) is 27.1 Å². The number of carbonyl (C=O) groups is 1. The molecule has 1 saturated carbocycles. The van der Waals surface area contributed by atoms with Crippen LogP contribution in [0.4, 0.5) is 0 Å². The minimum atomic E-state index is -0.132. The van der Waals surface area contributed by atoms with Gasteiger partial charge in [0.15, 0.2) is 0 Å². The summed E-state index contributed by atoms with van der Waals surface area (Å²) in [6, 6.07) is 5.94. The molecule has 1 atom stereocenters. The third kappa shape index (κ3) is 2.66. The summed E-state index contributed by atoms with van der Waals surface area (Å²) >= 11 is 6.88. The van der Waals surface area contributed by atoms with Crippen LogP contribution < -0.4 is 0 Å². The first-order valence-electron chi connectivity index (χ1n) is 5.15. The molecule has 2 nitrogen and oxygen atoms in total. The Balaban J connectivity index is 2.34. The van der Waals surface area contributed by atoms with Gasteiger partial charge in [-0.2, -0.15) is 0 Å². The molecule has 0 aliphatic heterocycles. The summed E-state index contributed by atoms with van der Waals surface area (Å²) in [4.78, 5) is 11.8. The minimum absolute atomic E-state index is 0.112. The first-order valence-corrected chi connectivity index (χ1v) is 6.74. The van der Waals surface area contributed by atoms with Crippen molar-refractivity contribution < 1.29 is 9.53 Å². The zero-order valence-electron chi connectivity index (χ0n) is 8.87. The van der Waals surface area contributed by atoms with Gasteiger partial charge in [-0.1, -0.05) is 31.9 Å². The second-order valence-corrected chi connectivity index (χ2v) is 5.87. The molecule has 16 heavy (non-hydrogen) atoms. The van der Waals surface area contributed by atoms with Crippen LogP contribution in [0.25, 0.3) is 0 Å². The number of esters is 1. The number of methoxy groups -OCH3 is 1. The molecule has 0 heterocycles. The molecule has 1 aliphatic carbocycles. The summed E-state index contributed by atoms with van der Waals surface area (Å²) in [6.45, 7) is 0. The number of carbonyl (C=O) groups excluding carboxylic acids is 1. The summed E-state index contributed by atoms with van der Waals surface area (Å²) in [6.07, 6.45) is 2.23. The van der Waals surface area contributed by atoms with Crippen molar-refractivity contribution in [1.82, 2.24) is 0 Å². The van der Waals surface area contributed by atoms with Crippen molar-refractivity contribution in [3.8, 4) is 0 Å². The van der Waals surface area contributed by atoms with Gasteiger partial charge in [-0.05, 0) is 42.5 Å². The Morgan fingerprint density at radius 3 is 2.31 bits per heavy atom. The van der Waals surface area contributed by atoms with Crippen molar-refractivity contribution in [3.05, 3.63) is 32.7 Å². The van der Waals surface area contributed by atoms with Gasteiger partial charge >= 0.3 is 5.97 Å². The normalized spacial score (nSPS) is 16.9. The fraction of sp³-hybridized carbons (Fsp3) is 0.417. The van der Waals surface area contributed by atoms with Gasteiger partial charge in [0.1, 0.15) is 0 Å². The first-order chi connectivity index (χ1) is 7.61. The Labute approximate surface area is 112 Å². The van der Waals surface area contributed by atoms with E-state index in [0.717, 1.165) is 27.4 Å². The monoisotopic (exact) mass is 346 g/mol. The molecule has 0 N–H and O–H groups in total. The van der Waals surface area contributed by atoms with E-state index in [1.54, 1.807) is 0 Å². The molecule has 4 heteroatoms. The second-order valence-electron chi connectivity index (χ2n) is 4.04. The quantitative estimate of drug-likeness (QED) is 0.775. The molecule has 1 aromatic carbocycles. The van der Waals surface area contributed by atoms with Gasteiger partial charge in [0, 0.05) is 8.95 Å². The molecule has 2 rings (SSSR count). The third-order valence-electron chi connectivity index (χ3n) is 2.79. The number of halogens is 2. The van der Waals surface area contributed by atoms with E-state index in [-0.39, 0.29) is 11.9 Å². The Morgan fingerprint density at radius 1 is 1.31 bits per heavy atom. The van der Waals surface area contributed by atoms with E-state index in [4.69, 9.17) is 4.74 Å². The lowest BCUT2D eigenvalue weighted by Gasteiger charge is -2.14. The maximum absolute atomic E-state index is 11.8. The lowest BCUT2D eigenvalue weighted by molar-refractivity contribution is -0.143. The van der Waals surface area contributed by atoms with Crippen LogP contribution in [-0.2, 0) is 9.53 Å². The fourth-order valence-corrected chi connectivity index (χ4v) is 3.24. The van der Waals surface area contributed by atoms with Gasteiger partial charge in [0.2, 0.25) is 0 Å². The van der Waals surface area contributed by atoms with Gasteiger partial charge in [-0.15, -0.1) is 0 Å². The smallest absolute Gasteiger partial charge is 0.313 e. The Morgan fingerprint density at radius 2 is 1.88 bits per heavy atom. The van der Waals surface area contributed by atoms with E-state index >= 15 is 0 Å². The van der Waals surface area contributed by atoms with E-state index in [0.29, 0.717) is 5.92 Å². The van der Waals surface area contributed by atoms with Crippen molar-refractivity contribution in [2.24, 2.45) is 5.92 Å². The zero-order valence-corrected chi connectivity index (χ0v) is 12.0. The number of rotatable bonds is 3.